The molecule has 0 atom stereocenters. The summed E-state index contributed by atoms with van der Waals surface area (Å²) in [6.45, 7) is 1.98. The molecule has 4 heteroatoms. The number of benzene rings is 2. The number of H-pyrrole nitrogens is 1. The van der Waals surface area contributed by atoms with E-state index in [2.05, 4.69) is 10.1 Å². The highest BCUT2D eigenvalue weighted by Gasteiger charge is 2.03. The third-order valence-corrected chi connectivity index (χ3v) is 3.52. The Morgan fingerprint density at radius 3 is 2.29 bits per heavy atom. The Kier molecular flexibility index (Phi) is 3.79. The largest absolute Gasteiger partial charge is 0.329 e. The number of hydrogen-bond acceptors (Lipinski definition) is 2. The molecule has 0 unspecified atom stereocenters. The van der Waals surface area contributed by atoms with Crippen molar-refractivity contribution in [3.05, 3.63) is 77.2 Å². The van der Waals surface area contributed by atoms with E-state index in [9.17, 15) is 0 Å². The Bertz CT molecular complexity index is 814. The Labute approximate surface area is 128 Å². The molecule has 21 heavy (non-hydrogen) atoms. The van der Waals surface area contributed by atoms with Crippen molar-refractivity contribution >= 4 is 17.9 Å². The van der Waals surface area contributed by atoms with Gasteiger partial charge in [0.25, 0.3) is 0 Å². The van der Waals surface area contributed by atoms with Gasteiger partial charge in [0.1, 0.15) is 0 Å². The molecule has 0 saturated carbocycles. The van der Waals surface area contributed by atoms with Gasteiger partial charge in [0.2, 0.25) is 0 Å². The number of hydrogen-bond donors (Lipinski definition) is 1. The minimum atomic E-state index is 0.587. The number of aromatic nitrogens is 2. The van der Waals surface area contributed by atoms with Crippen LogP contribution >= 0.6 is 12.2 Å². The van der Waals surface area contributed by atoms with Gasteiger partial charge in [0.15, 0.2) is 4.77 Å². The zero-order chi connectivity index (χ0) is 14.7. The Hall–Kier alpha value is -2.46. The second-order valence-corrected chi connectivity index (χ2v) is 5.12. The smallest absolute Gasteiger partial charge is 0.198 e. The molecule has 3 rings (SSSR count). The van der Waals surface area contributed by atoms with Crippen LogP contribution in [0.4, 0.5) is 0 Å². The van der Waals surface area contributed by atoms with E-state index in [-0.39, 0.29) is 0 Å². The van der Waals surface area contributed by atoms with Gasteiger partial charge in [-0.05, 0) is 30.3 Å². The van der Waals surface area contributed by atoms with Crippen LogP contribution < -0.4 is 0 Å². The van der Waals surface area contributed by atoms with E-state index in [0.717, 1.165) is 22.5 Å². The van der Waals surface area contributed by atoms with Crippen LogP contribution in [0.3, 0.4) is 0 Å². The average Bonchev–Trinajstić information content (AvgIpc) is 2.90. The molecular weight excluding hydrogens is 278 g/mol. The van der Waals surface area contributed by atoms with E-state index in [1.54, 1.807) is 4.68 Å². The fraction of sp³-hybridized carbons (Fsp3) is 0.0588. The lowest BCUT2D eigenvalue weighted by atomic mass is 10.1. The van der Waals surface area contributed by atoms with E-state index in [1.807, 2.05) is 73.8 Å². The first-order valence-electron chi connectivity index (χ1n) is 6.72. The fourth-order valence-electron chi connectivity index (χ4n) is 2.12. The molecule has 0 spiro atoms. The summed E-state index contributed by atoms with van der Waals surface area (Å²) in [5.41, 5.74) is 4.06. The van der Waals surface area contributed by atoms with Gasteiger partial charge in [-0.15, -0.1) is 0 Å². The van der Waals surface area contributed by atoms with Crippen molar-refractivity contribution in [2.75, 3.05) is 0 Å². The zero-order valence-corrected chi connectivity index (χ0v) is 12.5. The van der Waals surface area contributed by atoms with Crippen LogP contribution in [0.2, 0.25) is 0 Å². The molecule has 1 heterocycles. The van der Waals surface area contributed by atoms with Gasteiger partial charge in [-0.25, -0.2) is 4.68 Å². The van der Waals surface area contributed by atoms with Gasteiger partial charge in [-0.1, -0.05) is 60.7 Å². The van der Waals surface area contributed by atoms with E-state index in [0.29, 0.717) is 4.77 Å². The molecule has 0 amide bonds. The van der Waals surface area contributed by atoms with Crippen LogP contribution in [-0.4, -0.2) is 15.4 Å². The van der Waals surface area contributed by atoms with Crippen molar-refractivity contribution in [2.45, 2.75) is 6.92 Å². The van der Waals surface area contributed by atoms with Crippen LogP contribution in [0.25, 0.3) is 11.3 Å². The summed E-state index contributed by atoms with van der Waals surface area (Å²) in [4.78, 5) is 3.19. The molecule has 0 fully saturated rings. The number of rotatable bonds is 3. The van der Waals surface area contributed by atoms with E-state index < -0.39 is 0 Å². The van der Waals surface area contributed by atoms with Crippen molar-refractivity contribution in [3.63, 3.8) is 0 Å². The number of aromatic amines is 1. The maximum atomic E-state index is 5.34. The first kappa shape index (κ1) is 13.5. The Morgan fingerprint density at radius 2 is 1.62 bits per heavy atom. The molecule has 0 aliphatic heterocycles. The van der Waals surface area contributed by atoms with Crippen molar-refractivity contribution in [1.29, 1.82) is 0 Å². The molecule has 3 aromatic rings. The van der Waals surface area contributed by atoms with Crippen LogP contribution in [0, 0.1) is 4.77 Å². The van der Waals surface area contributed by atoms with Gasteiger partial charge < -0.3 is 4.98 Å². The first-order chi connectivity index (χ1) is 10.2. The highest BCUT2D eigenvalue weighted by Crippen LogP contribution is 2.17. The molecule has 0 radical (unpaired) electrons. The molecular formula is C17H15N3S. The van der Waals surface area contributed by atoms with Crippen LogP contribution in [0.5, 0.6) is 0 Å². The van der Waals surface area contributed by atoms with Gasteiger partial charge in [-0.3, -0.25) is 0 Å². The Morgan fingerprint density at radius 1 is 1.00 bits per heavy atom. The summed E-state index contributed by atoms with van der Waals surface area (Å²) in [5.74, 6) is 0. The van der Waals surface area contributed by atoms with Gasteiger partial charge >= 0.3 is 0 Å². The molecule has 0 saturated heterocycles. The normalized spacial score (nSPS) is 11.6. The molecule has 0 aliphatic rings. The predicted molar refractivity (Wildman–Crippen MR) is 89.1 cm³/mol. The molecule has 104 valence electrons. The summed E-state index contributed by atoms with van der Waals surface area (Å²) in [7, 11) is 0. The lowest BCUT2D eigenvalue weighted by Gasteiger charge is -2.00. The highest BCUT2D eigenvalue weighted by atomic mass is 32.1. The number of imidazole rings is 1. The average molecular weight is 293 g/mol. The van der Waals surface area contributed by atoms with Gasteiger partial charge in [0, 0.05) is 0 Å². The predicted octanol–water partition coefficient (Wildman–Crippen LogP) is 4.48. The fourth-order valence-corrected chi connectivity index (χ4v) is 2.33. The quantitative estimate of drug-likeness (QED) is 0.560. The maximum absolute atomic E-state index is 5.34. The summed E-state index contributed by atoms with van der Waals surface area (Å²) in [5, 5.41) is 4.57. The third-order valence-electron chi connectivity index (χ3n) is 3.24. The SMILES string of the molecule is C/C(=N/n1cc(-c2ccccc2)[nH]c1=S)c1ccccc1. The maximum Gasteiger partial charge on any atom is 0.198 e. The molecule has 0 bridgehead atoms. The van der Waals surface area contributed by atoms with Gasteiger partial charge in [-0.2, -0.15) is 5.10 Å². The second-order valence-electron chi connectivity index (χ2n) is 4.73. The minimum Gasteiger partial charge on any atom is -0.329 e. The Balaban J connectivity index is 1.98. The van der Waals surface area contributed by atoms with E-state index in [4.69, 9.17) is 12.2 Å². The number of nitrogens with zero attached hydrogens (tertiary/aromatic N) is 2. The minimum absolute atomic E-state index is 0.587. The summed E-state index contributed by atoms with van der Waals surface area (Å²) in [6.07, 6.45) is 1.92. The standard InChI is InChI=1S/C17H15N3S/c1-13(14-8-4-2-5-9-14)19-20-12-16(18-17(20)21)15-10-6-3-7-11-15/h2-12H,1H3,(H,18,21)/b19-13-. The zero-order valence-electron chi connectivity index (χ0n) is 11.7. The lowest BCUT2D eigenvalue weighted by Crippen LogP contribution is -1.98. The molecule has 0 aliphatic carbocycles. The molecule has 2 aromatic carbocycles. The first-order valence-corrected chi connectivity index (χ1v) is 7.13. The van der Waals surface area contributed by atoms with Crippen LogP contribution in [0.15, 0.2) is 72.0 Å². The van der Waals surface area contributed by atoms with Gasteiger partial charge in [0.05, 0.1) is 17.6 Å². The monoisotopic (exact) mass is 293 g/mol. The third kappa shape index (κ3) is 3.01. The molecule has 1 aromatic heterocycles. The molecule has 1 N–H and O–H groups in total. The number of nitrogens with one attached hydrogen (secondary N) is 1. The summed E-state index contributed by atoms with van der Waals surface area (Å²) in [6, 6.07) is 20.1. The van der Waals surface area contributed by atoms with Crippen molar-refractivity contribution < 1.29 is 0 Å². The highest BCUT2D eigenvalue weighted by molar-refractivity contribution is 7.71. The van der Waals surface area contributed by atoms with Crippen molar-refractivity contribution in [1.82, 2.24) is 9.66 Å². The summed E-state index contributed by atoms with van der Waals surface area (Å²) < 4.78 is 2.30. The van der Waals surface area contributed by atoms with Crippen molar-refractivity contribution in [2.24, 2.45) is 5.10 Å². The van der Waals surface area contributed by atoms with Crippen LogP contribution in [-0.2, 0) is 0 Å². The van der Waals surface area contributed by atoms with Crippen LogP contribution in [0.1, 0.15) is 12.5 Å². The lowest BCUT2D eigenvalue weighted by molar-refractivity contribution is 0.857. The molecule has 3 nitrogen and oxygen atoms in total. The second kappa shape index (κ2) is 5.89. The van der Waals surface area contributed by atoms with E-state index >= 15 is 0 Å². The summed E-state index contributed by atoms with van der Waals surface area (Å²) >= 11 is 5.34. The topological polar surface area (TPSA) is 33.1 Å². The van der Waals surface area contributed by atoms with Crippen molar-refractivity contribution in [3.8, 4) is 11.3 Å². The van der Waals surface area contributed by atoms with E-state index in [1.165, 1.54) is 0 Å².